The highest BCUT2D eigenvalue weighted by Crippen LogP contribution is 2.25. The number of ether oxygens (including phenoxy) is 1. The van der Waals surface area contributed by atoms with E-state index in [2.05, 4.69) is 15.0 Å². The average Bonchev–Trinajstić information content (AvgIpc) is 2.82. The summed E-state index contributed by atoms with van der Waals surface area (Å²) in [6.07, 6.45) is -0.0191. The molecule has 6 heteroatoms. The number of nitrogens with zero attached hydrogens (tertiary/aromatic N) is 1. The summed E-state index contributed by atoms with van der Waals surface area (Å²) in [6, 6.07) is 0.859. The monoisotopic (exact) mass is 252 g/mol. The molecule has 0 aliphatic carbocycles. The Morgan fingerprint density at radius 2 is 2.06 bits per heavy atom. The van der Waals surface area contributed by atoms with Crippen LogP contribution in [0.15, 0.2) is 0 Å². The Morgan fingerprint density at radius 1 is 1.24 bits per heavy atom. The van der Waals surface area contributed by atoms with Gasteiger partial charge >= 0.3 is 6.36 Å². The number of halogens is 3. The molecule has 2 aliphatic rings. The highest BCUT2D eigenvalue weighted by molar-refractivity contribution is 4.91. The number of rotatable bonds is 4. The van der Waals surface area contributed by atoms with E-state index in [0.717, 1.165) is 32.4 Å². The fraction of sp³-hybridized carbons (Fsp3) is 1.00. The van der Waals surface area contributed by atoms with Crippen LogP contribution in [0.4, 0.5) is 13.2 Å². The Labute approximate surface area is 99.3 Å². The molecule has 100 valence electrons. The van der Waals surface area contributed by atoms with Gasteiger partial charge in [0.15, 0.2) is 0 Å². The second-order valence-corrected chi connectivity index (χ2v) is 4.74. The van der Waals surface area contributed by atoms with Crippen molar-refractivity contribution in [3.05, 3.63) is 0 Å². The van der Waals surface area contributed by atoms with E-state index in [0.29, 0.717) is 18.6 Å². The van der Waals surface area contributed by atoms with Crippen molar-refractivity contribution in [2.24, 2.45) is 0 Å². The van der Waals surface area contributed by atoms with Gasteiger partial charge in [0.25, 0.3) is 0 Å². The third kappa shape index (κ3) is 3.82. The lowest BCUT2D eigenvalue weighted by molar-refractivity contribution is -0.325. The zero-order chi connectivity index (χ0) is 12.3. The maximum absolute atomic E-state index is 11.9. The van der Waals surface area contributed by atoms with Crippen LogP contribution in [0.1, 0.15) is 25.7 Å². The minimum absolute atomic E-state index is 0.257. The summed E-state index contributed by atoms with van der Waals surface area (Å²) in [4.78, 5) is 2.13. The summed E-state index contributed by atoms with van der Waals surface area (Å²) in [5.41, 5.74) is 0. The predicted molar refractivity (Wildman–Crippen MR) is 57.6 cm³/mol. The van der Waals surface area contributed by atoms with Crippen LogP contribution in [0.2, 0.25) is 0 Å². The molecule has 0 aromatic heterocycles. The topological polar surface area (TPSA) is 24.5 Å². The number of nitrogens with one attached hydrogen (secondary N) is 1. The zero-order valence-electron chi connectivity index (χ0n) is 9.80. The van der Waals surface area contributed by atoms with Crippen LogP contribution in [0.5, 0.6) is 0 Å². The quantitative estimate of drug-likeness (QED) is 0.825. The maximum atomic E-state index is 11.9. The molecule has 0 bridgehead atoms. The molecule has 0 spiro atoms. The molecule has 2 heterocycles. The first-order chi connectivity index (χ1) is 8.06. The van der Waals surface area contributed by atoms with Crippen molar-refractivity contribution in [1.29, 1.82) is 0 Å². The van der Waals surface area contributed by atoms with Crippen molar-refractivity contribution in [1.82, 2.24) is 10.2 Å². The Kier molecular flexibility index (Phi) is 4.27. The van der Waals surface area contributed by atoms with E-state index in [1.165, 1.54) is 6.42 Å². The molecule has 2 fully saturated rings. The van der Waals surface area contributed by atoms with Crippen LogP contribution in [0, 0.1) is 0 Å². The molecule has 0 amide bonds. The van der Waals surface area contributed by atoms with Gasteiger partial charge in [0.1, 0.15) is 0 Å². The van der Waals surface area contributed by atoms with E-state index in [1.807, 2.05) is 0 Å². The van der Waals surface area contributed by atoms with Crippen LogP contribution in [-0.2, 0) is 4.74 Å². The summed E-state index contributed by atoms with van der Waals surface area (Å²) in [7, 11) is 0. The lowest BCUT2D eigenvalue weighted by atomic mass is 10.0. The molecule has 0 saturated carbocycles. The van der Waals surface area contributed by atoms with Crippen molar-refractivity contribution in [2.75, 3.05) is 26.2 Å². The van der Waals surface area contributed by atoms with Crippen molar-refractivity contribution >= 4 is 0 Å². The Hall–Kier alpha value is -0.330. The lowest BCUT2D eigenvalue weighted by Crippen LogP contribution is -2.45. The number of hydrogen-bond donors (Lipinski definition) is 1. The van der Waals surface area contributed by atoms with Crippen molar-refractivity contribution in [2.45, 2.75) is 44.1 Å². The summed E-state index contributed by atoms with van der Waals surface area (Å²) in [6.45, 7) is 2.05. The van der Waals surface area contributed by atoms with Crippen LogP contribution in [-0.4, -0.2) is 49.6 Å². The second-order valence-electron chi connectivity index (χ2n) is 4.74. The highest BCUT2D eigenvalue weighted by Gasteiger charge is 2.34. The van der Waals surface area contributed by atoms with E-state index in [4.69, 9.17) is 0 Å². The van der Waals surface area contributed by atoms with E-state index >= 15 is 0 Å². The zero-order valence-corrected chi connectivity index (χ0v) is 9.80. The number of alkyl halides is 3. The fourth-order valence-corrected chi connectivity index (χ4v) is 2.90. The normalized spacial score (nSPS) is 31.2. The smallest absolute Gasteiger partial charge is 0.312 e. The molecule has 0 radical (unpaired) electrons. The Bertz CT molecular complexity index is 241. The second kappa shape index (κ2) is 5.54. The SMILES string of the molecule is FC(F)(F)OCCN1CCCC1C1CCCN1. The van der Waals surface area contributed by atoms with Crippen molar-refractivity contribution < 1.29 is 17.9 Å². The first-order valence-electron chi connectivity index (χ1n) is 6.24. The molecule has 2 atom stereocenters. The Morgan fingerprint density at radius 3 is 2.71 bits per heavy atom. The average molecular weight is 252 g/mol. The van der Waals surface area contributed by atoms with Crippen LogP contribution < -0.4 is 5.32 Å². The summed E-state index contributed by atoms with van der Waals surface area (Å²) >= 11 is 0. The molecular formula is C11H19F3N2O. The molecule has 0 aromatic rings. The van der Waals surface area contributed by atoms with Crippen molar-refractivity contribution in [3.8, 4) is 0 Å². The van der Waals surface area contributed by atoms with Gasteiger partial charge in [-0.05, 0) is 38.8 Å². The van der Waals surface area contributed by atoms with Gasteiger partial charge < -0.3 is 5.32 Å². The molecule has 17 heavy (non-hydrogen) atoms. The molecule has 2 rings (SSSR count). The first kappa shape index (κ1) is 13.1. The third-order valence-electron chi connectivity index (χ3n) is 3.62. The van der Waals surface area contributed by atoms with E-state index < -0.39 is 6.36 Å². The van der Waals surface area contributed by atoms with Gasteiger partial charge in [-0.25, -0.2) is 0 Å². The largest absolute Gasteiger partial charge is 0.522 e. The van der Waals surface area contributed by atoms with E-state index in [9.17, 15) is 13.2 Å². The highest BCUT2D eigenvalue weighted by atomic mass is 19.4. The molecule has 3 nitrogen and oxygen atoms in total. The summed E-state index contributed by atoms with van der Waals surface area (Å²) in [5, 5.41) is 3.43. The third-order valence-corrected chi connectivity index (χ3v) is 3.62. The van der Waals surface area contributed by atoms with Crippen molar-refractivity contribution in [3.63, 3.8) is 0 Å². The summed E-state index contributed by atoms with van der Waals surface area (Å²) in [5.74, 6) is 0. The van der Waals surface area contributed by atoms with E-state index in [1.54, 1.807) is 0 Å². The lowest BCUT2D eigenvalue weighted by Gasteiger charge is -2.29. The molecule has 2 unspecified atom stereocenters. The van der Waals surface area contributed by atoms with Crippen LogP contribution in [0.3, 0.4) is 0 Å². The van der Waals surface area contributed by atoms with Crippen LogP contribution in [0.25, 0.3) is 0 Å². The Balaban J connectivity index is 1.75. The van der Waals surface area contributed by atoms with Gasteiger partial charge in [0.2, 0.25) is 0 Å². The van der Waals surface area contributed by atoms with Gasteiger partial charge in [0.05, 0.1) is 6.61 Å². The van der Waals surface area contributed by atoms with Crippen LogP contribution >= 0.6 is 0 Å². The maximum Gasteiger partial charge on any atom is 0.522 e. The minimum atomic E-state index is -4.50. The number of likely N-dealkylation sites (tertiary alicyclic amines) is 1. The standard InChI is InChI=1S/C11H19F3N2O/c12-11(13,14)17-8-7-16-6-2-4-10(16)9-3-1-5-15-9/h9-10,15H,1-8H2. The molecule has 2 aliphatic heterocycles. The van der Waals surface area contributed by atoms with Gasteiger partial charge in [-0.1, -0.05) is 0 Å². The van der Waals surface area contributed by atoms with Gasteiger partial charge in [0, 0.05) is 18.6 Å². The predicted octanol–water partition coefficient (Wildman–Crippen LogP) is 1.74. The van der Waals surface area contributed by atoms with Gasteiger partial charge in [-0.3, -0.25) is 9.64 Å². The molecule has 2 saturated heterocycles. The van der Waals surface area contributed by atoms with E-state index in [-0.39, 0.29) is 6.61 Å². The molecular weight excluding hydrogens is 233 g/mol. The number of hydrogen-bond acceptors (Lipinski definition) is 3. The minimum Gasteiger partial charge on any atom is -0.312 e. The first-order valence-corrected chi connectivity index (χ1v) is 6.24. The summed E-state index contributed by atoms with van der Waals surface area (Å²) < 4.78 is 39.5. The molecule has 0 aromatic carbocycles. The molecule has 1 N–H and O–H groups in total. The van der Waals surface area contributed by atoms with Gasteiger partial charge in [-0.2, -0.15) is 0 Å². The van der Waals surface area contributed by atoms with Gasteiger partial charge in [-0.15, -0.1) is 13.2 Å². The fourth-order valence-electron chi connectivity index (χ4n) is 2.90.